The van der Waals surface area contributed by atoms with Crippen LogP contribution in [-0.4, -0.2) is 45.2 Å². The van der Waals surface area contributed by atoms with E-state index in [1.165, 1.54) is 10.6 Å². The van der Waals surface area contributed by atoms with E-state index in [1.54, 1.807) is 31.7 Å². The summed E-state index contributed by atoms with van der Waals surface area (Å²) in [5.74, 6) is -0.473. The van der Waals surface area contributed by atoms with Crippen LogP contribution in [0.2, 0.25) is 0 Å². The summed E-state index contributed by atoms with van der Waals surface area (Å²) in [7, 11) is 5.46. The number of aliphatic imine (C=N–C) groups is 1. The number of pyridine rings is 2. The smallest absolute Gasteiger partial charge is 0.274 e. The first kappa shape index (κ1) is 21.9. The van der Waals surface area contributed by atoms with Crippen molar-refractivity contribution in [2.24, 2.45) is 12.0 Å². The van der Waals surface area contributed by atoms with E-state index in [-0.39, 0.29) is 23.6 Å². The highest BCUT2D eigenvalue weighted by Crippen LogP contribution is 2.25. The molecule has 0 unspecified atom stereocenters. The van der Waals surface area contributed by atoms with Crippen molar-refractivity contribution in [3.8, 4) is 11.3 Å². The number of rotatable bonds is 6. The number of allylic oxidation sites excluding steroid dienone is 1. The van der Waals surface area contributed by atoms with Crippen molar-refractivity contribution in [1.29, 1.82) is 0 Å². The molecular formula is C23H24N8O2. The molecule has 168 valence electrons. The summed E-state index contributed by atoms with van der Waals surface area (Å²) in [5.41, 5.74) is 9.82. The van der Waals surface area contributed by atoms with Crippen LogP contribution in [0.5, 0.6) is 0 Å². The molecule has 0 aromatic carbocycles. The van der Waals surface area contributed by atoms with Gasteiger partial charge >= 0.3 is 0 Å². The summed E-state index contributed by atoms with van der Waals surface area (Å²) in [6.07, 6.45) is 7.48. The molecule has 4 heterocycles. The van der Waals surface area contributed by atoms with Gasteiger partial charge in [-0.05, 0) is 18.2 Å². The maximum Gasteiger partial charge on any atom is 0.274 e. The summed E-state index contributed by atoms with van der Waals surface area (Å²) < 4.78 is 1.44. The average molecular weight is 444 g/mol. The summed E-state index contributed by atoms with van der Waals surface area (Å²) in [6, 6.07) is 6.85. The molecule has 1 aliphatic heterocycles. The Hall–Kier alpha value is -4.34. The quantitative estimate of drug-likeness (QED) is 0.589. The summed E-state index contributed by atoms with van der Waals surface area (Å²) >= 11 is 0. The molecule has 0 saturated heterocycles. The molecule has 0 atom stereocenters. The summed E-state index contributed by atoms with van der Waals surface area (Å²) in [6.45, 7) is 0.196. The zero-order chi connectivity index (χ0) is 23.5. The van der Waals surface area contributed by atoms with Crippen molar-refractivity contribution < 1.29 is 4.79 Å². The first-order valence-corrected chi connectivity index (χ1v) is 10.3. The lowest BCUT2D eigenvalue weighted by Gasteiger charge is -2.17. The first-order valence-electron chi connectivity index (χ1n) is 10.3. The van der Waals surface area contributed by atoms with Crippen LogP contribution >= 0.6 is 0 Å². The Morgan fingerprint density at radius 1 is 1.21 bits per heavy atom. The fraction of sp³-hybridized carbons (Fsp3) is 0.217. The number of hydrogen-bond acceptors (Lipinski definition) is 8. The third-order valence-corrected chi connectivity index (χ3v) is 5.18. The van der Waals surface area contributed by atoms with Crippen LogP contribution < -0.4 is 21.5 Å². The van der Waals surface area contributed by atoms with Crippen molar-refractivity contribution in [2.45, 2.75) is 13.0 Å². The molecule has 0 radical (unpaired) electrons. The number of aryl methyl sites for hydroxylation is 1. The van der Waals surface area contributed by atoms with E-state index in [1.807, 2.05) is 37.2 Å². The molecule has 0 aliphatic carbocycles. The van der Waals surface area contributed by atoms with Crippen molar-refractivity contribution in [3.05, 3.63) is 76.4 Å². The lowest BCUT2D eigenvalue weighted by molar-refractivity contribution is 0.0946. The van der Waals surface area contributed by atoms with E-state index < -0.39 is 5.91 Å². The molecule has 3 N–H and O–H groups in total. The highest BCUT2D eigenvalue weighted by molar-refractivity contribution is 6.07. The minimum absolute atomic E-state index is 0.000441. The lowest BCUT2D eigenvalue weighted by atomic mass is 10.1. The van der Waals surface area contributed by atoms with Gasteiger partial charge < -0.3 is 20.5 Å². The second-order valence-electron chi connectivity index (χ2n) is 7.73. The molecule has 10 heteroatoms. The number of hydrogen-bond donors (Lipinski definition) is 2. The van der Waals surface area contributed by atoms with Gasteiger partial charge in [-0.3, -0.25) is 19.6 Å². The van der Waals surface area contributed by atoms with Gasteiger partial charge in [0.1, 0.15) is 11.4 Å². The first-order chi connectivity index (χ1) is 15.8. The van der Waals surface area contributed by atoms with Crippen LogP contribution in [0.3, 0.4) is 0 Å². The largest absolute Gasteiger partial charge is 0.382 e. The third kappa shape index (κ3) is 4.49. The molecular weight excluding hydrogens is 420 g/mol. The number of amides is 1. The molecule has 0 bridgehead atoms. The third-order valence-electron chi connectivity index (χ3n) is 5.18. The fourth-order valence-corrected chi connectivity index (χ4v) is 3.49. The van der Waals surface area contributed by atoms with Gasteiger partial charge in [0.05, 0.1) is 23.6 Å². The maximum atomic E-state index is 13.0. The van der Waals surface area contributed by atoms with E-state index in [2.05, 4.69) is 25.3 Å². The number of nitrogen functional groups attached to an aromatic ring is 1. The molecule has 33 heavy (non-hydrogen) atoms. The zero-order valence-corrected chi connectivity index (χ0v) is 18.6. The van der Waals surface area contributed by atoms with Gasteiger partial charge in [-0.2, -0.15) is 0 Å². The predicted molar refractivity (Wildman–Crippen MR) is 127 cm³/mol. The second-order valence-corrected chi connectivity index (χ2v) is 7.73. The van der Waals surface area contributed by atoms with Gasteiger partial charge in [0.25, 0.3) is 5.91 Å². The molecule has 3 aromatic heterocycles. The molecule has 1 amide bonds. The van der Waals surface area contributed by atoms with Crippen molar-refractivity contribution in [2.75, 3.05) is 24.7 Å². The minimum atomic E-state index is -0.473. The lowest BCUT2D eigenvalue weighted by Crippen LogP contribution is -2.28. The van der Waals surface area contributed by atoms with E-state index in [9.17, 15) is 9.59 Å². The van der Waals surface area contributed by atoms with Crippen LogP contribution in [0, 0.1) is 0 Å². The van der Waals surface area contributed by atoms with Gasteiger partial charge in [0.2, 0.25) is 5.56 Å². The number of aromatic nitrogens is 4. The molecule has 0 fully saturated rings. The topological polar surface area (TPSA) is 131 Å². The fourth-order valence-electron chi connectivity index (χ4n) is 3.49. The van der Waals surface area contributed by atoms with Crippen molar-refractivity contribution >= 4 is 23.1 Å². The predicted octanol–water partition coefficient (Wildman–Crippen LogP) is 1.52. The summed E-state index contributed by atoms with van der Waals surface area (Å²) in [5, 5.41) is 2.83. The Morgan fingerprint density at radius 2 is 2.03 bits per heavy atom. The van der Waals surface area contributed by atoms with Gasteiger partial charge in [0, 0.05) is 57.8 Å². The Kier molecular flexibility index (Phi) is 5.99. The number of nitrogens with one attached hydrogen (secondary N) is 1. The monoisotopic (exact) mass is 444 g/mol. The Labute approximate surface area is 190 Å². The standard InChI is InChI=1S/C23H24N8O2/c1-30(2)17-7-5-11-26-16(17)12-27-23(33)21-22(24)29-20(15-6-4-10-25-15)19(28-21)14-8-9-18(32)31(3)13-14/h4-5,7-11,13H,6,12H2,1-3H3,(H2,24,29)(H,27,33). The molecule has 4 rings (SSSR count). The Balaban J connectivity index is 1.71. The zero-order valence-electron chi connectivity index (χ0n) is 18.6. The average Bonchev–Trinajstić information content (AvgIpc) is 3.34. The summed E-state index contributed by atoms with van der Waals surface area (Å²) in [4.78, 5) is 44.6. The van der Waals surface area contributed by atoms with E-state index >= 15 is 0 Å². The number of carbonyl (C=O) groups is 1. The molecule has 1 aliphatic rings. The van der Waals surface area contributed by atoms with Gasteiger partial charge in [-0.25, -0.2) is 9.97 Å². The minimum Gasteiger partial charge on any atom is -0.382 e. The Bertz CT molecular complexity index is 1340. The number of nitrogens with zero attached hydrogens (tertiary/aromatic N) is 6. The normalized spacial score (nSPS) is 12.5. The number of nitrogens with two attached hydrogens (primary N) is 1. The highest BCUT2D eigenvalue weighted by Gasteiger charge is 2.22. The van der Waals surface area contributed by atoms with E-state index in [0.29, 0.717) is 34.8 Å². The molecule has 10 nitrogen and oxygen atoms in total. The van der Waals surface area contributed by atoms with Crippen LogP contribution in [-0.2, 0) is 13.6 Å². The van der Waals surface area contributed by atoms with Crippen molar-refractivity contribution in [1.82, 2.24) is 24.8 Å². The molecule has 3 aromatic rings. The van der Waals surface area contributed by atoms with E-state index in [0.717, 1.165) is 5.69 Å². The number of anilines is 2. The van der Waals surface area contributed by atoms with Crippen LogP contribution in [0.25, 0.3) is 11.3 Å². The van der Waals surface area contributed by atoms with Crippen molar-refractivity contribution in [3.63, 3.8) is 0 Å². The molecule has 0 spiro atoms. The highest BCUT2D eigenvalue weighted by atomic mass is 16.2. The van der Waals surface area contributed by atoms with Gasteiger partial charge in [0.15, 0.2) is 11.5 Å². The number of carbonyl (C=O) groups excluding carboxylic acids is 1. The molecule has 0 saturated carbocycles. The maximum absolute atomic E-state index is 13.0. The SMILES string of the molecule is CN(C)c1cccnc1CNC(=O)c1nc(-c2ccc(=O)n(C)c2)c(C2=NC=CC2)nc1N. The van der Waals surface area contributed by atoms with Gasteiger partial charge in [-0.1, -0.05) is 6.08 Å². The Morgan fingerprint density at radius 3 is 2.73 bits per heavy atom. The second kappa shape index (κ2) is 9.03. The van der Waals surface area contributed by atoms with E-state index in [4.69, 9.17) is 5.73 Å². The van der Waals surface area contributed by atoms with Crippen LogP contribution in [0.15, 0.2) is 58.7 Å². The van der Waals surface area contributed by atoms with Crippen LogP contribution in [0.1, 0.15) is 28.3 Å². The van der Waals surface area contributed by atoms with Gasteiger partial charge in [-0.15, -0.1) is 0 Å². The van der Waals surface area contributed by atoms with Crippen LogP contribution in [0.4, 0.5) is 11.5 Å².